The van der Waals surface area contributed by atoms with Crippen LogP contribution < -0.4 is 5.32 Å². The number of rotatable bonds is 6. The summed E-state index contributed by atoms with van der Waals surface area (Å²) in [6.07, 6.45) is 5.40. The van der Waals surface area contributed by atoms with Crippen LogP contribution in [-0.2, 0) is 20.9 Å². The normalized spacial score (nSPS) is 24.8. The quantitative estimate of drug-likeness (QED) is 0.771. The van der Waals surface area contributed by atoms with Crippen molar-refractivity contribution in [2.75, 3.05) is 6.61 Å². The minimum absolute atomic E-state index is 0.245. The van der Waals surface area contributed by atoms with Gasteiger partial charge in [-0.3, -0.25) is 9.59 Å². The van der Waals surface area contributed by atoms with Gasteiger partial charge in [-0.05, 0) is 54.7 Å². The Balaban J connectivity index is 1.37. The van der Waals surface area contributed by atoms with Crippen LogP contribution in [0.25, 0.3) is 0 Å². The molecule has 2 bridgehead atoms. The molecule has 2 saturated carbocycles. The van der Waals surface area contributed by atoms with Crippen LogP contribution in [0.5, 0.6) is 0 Å². The van der Waals surface area contributed by atoms with Crippen molar-refractivity contribution in [2.45, 2.75) is 38.6 Å². The van der Waals surface area contributed by atoms with Crippen molar-refractivity contribution >= 4 is 35.1 Å². The summed E-state index contributed by atoms with van der Waals surface area (Å²) in [6.45, 7) is 0.0314. The van der Waals surface area contributed by atoms with E-state index in [1.807, 2.05) is 0 Å². The van der Waals surface area contributed by atoms with Crippen LogP contribution in [0.15, 0.2) is 18.2 Å². The van der Waals surface area contributed by atoms with E-state index >= 15 is 0 Å². The van der Waals surface area contributed by atoms with E-state index in [4.69, 9.17) is 27.9 Å². The first-order chi connectivity index (χ1) is 11.5. The molecule has 0 radical (unpaired) electrons. The molecule has 130 valence electrons. The molecule has 1 aromatic carbocycles. The monoisotopic (exact) mass is 369 g/mol. The second-order valence-electron chi connectivity index (χ2n) is 6.81. The second kappa shape index (κ2) is 7.75. The molecule has 0 aliphatic heterocycles. The number of esters is 1. The van der Waals surface area contributed by atoms with Crippen LogP contribution in [0.1, 0.15) is 37.7 Å². The average Bonchev–Trinajstić information content (AvgIpc) is 3.15. The lowest BCUT2D eigenvalue weighted by molar-refractivity contribution is -0.149. The van der Waals surface area contributed by atoms with Gasteiger partial charge < -0.3 is 10.1 Å². The fourth-order valence-corrected chi connectivity index (χ4v) is 4.43. The lowest BCUT2D eigenvalue weighted by atomic mass is 9.86. The zero-order valence-electron chi connectivity index (χ0n) is 13.4. The van der Waals surface area contributed by atoms with Crippen molar-refractivity contribution in [2.24, 2.45) is 17.8 Å². The molecular formula is C18H21Cl2NO3. The van der Waals surface area contributed by atoms with Crippen molar-refractivity contribution in [3.8, 4) is 0 Å². The van der Waals surface area contributed by atoms with Crippen molar-refractivity contribution in [3.05, 3.63) is 33.8 Å². The van der Waals surface area contributed by atoms with E-state index in [2.05, 4.69) is 5.32 Å². The molecule has 1 amide bonds. The Kier molecular flexibility index (Phi) is 5.67. The van der Waals surface area contributed by atoms with Gasteiger partial charge in [0.05, 0.1) is 0 Å². The summed E-state index contributed by atoms with van der Waals surface area (Å²) >= 11 is 11.9. The lowest BCUT2D eigenvalue weighted by Gasteiger charge is -2.20. The fourth-order valence-electron chi connectivity index (χ4n) is 3.96. The van der Waals surface area contributed by atoms with Gasteiger partial charge in [0.25, 0.3) is 5.91 Å². The summed E-state index contributed by atoms with van der Waals surface area (Å²) in [5.41, 5.74) is 0.766. The van der Waals surface area contributed by atoms with E-state index in [9.17, 15) is 9.59 Å². The smallest absolute Gasteiger partial charge is 0.306 e. The maximum absolute atomic E-state index is 11.9. The van der Waals surface area contributed by atoms with Gasteiger partial charge in [-0.15, -0.1) is 0 Å². The molecule has 2 aliphatic rings. The van der Waals surface area contributed by atoms with E-state index in [-0.39, 0.29) is 25.0 Å². The highest BCUT2D eigenvalue weighted by Crippen LogP contribution is 2.49. The summed E-state index contributed by atoms with van der Waals surface area (Å²) in [7, 11) is 0. The summed E-state index contributed by atoms with van der Waals surface area (Å²) < 4.78 is 5.11. The van der Waals surface area contributed by atoms with E-state index in [1.54, 1.807) is 18.2 Å². The van der Waals surface area contributed by atoms with Gasteiger partial charge in [0.1, 0.15) is 0 Å². The van der Waals surface area contributed by atoms with Gasteiger partial charge >= 0.3 is 5.97 Å². The van der Waals surface area contributed by atoms with Gasteiger partial charge in [0.2, 0.25) is 0 Å². The minimum Gasteiger partial charge on any atom is -0.456 e. The largest absolute Gasteiger partial charge is 0.456 e. The average molecular weight is 370 g/mol. The minimum atomic E-state index is -0.331. The third-order valence-electron chi connectivity index (χ3n) is 5.17. The van der Waals surface area contributed by atoms with Crippen LogP contribution in [0.4, 0.5) is 0 Å². The van der Waals surface area contributed by atoms with Gasteiger partial charge in [-0.1, -0.05) is 35.7 Å². The zero-order valence-corrected chi connectivity index (χ0v) is 14.9. The molecule has 1 aromatic rings. The Labute approximate surface area is 151 Å². The molecule has 1 N–H and O–H groups in total. The Morgan fingerprint density at radius 2 is 2.04 bits per heavy atom. The van der Waals surface area contributed by atoms with Crippen molar-refractivity contribution in [1.29, 1.82) is 0 Å². The SMILES string of the molecule is O=C(COC(=O)CC1CC2CCC1C2)NCc1ccc(Cl)cc1Cl. The molecule has 3 unspecified atom stereocenters. The number of hydrogen-bond acceptors (Lipinski definition) is 3. The van der Waals surface area contributed by atoms with Crippen molar-refractivity contribution in [3.63, 3.8) is 0 Å². The van der Waals surface area contributed by atoms with E-state index in [0.717, 1.165) is 17.9 Å². The van der Waals surface area contributed by atoms with Gasteiger partial charge in [-0.25, -0.2) is 0 Å². The maximum Gasteiger partial charge on any atom is 0.306 e. The number of benzene rings is 1. The molecule has 3 rings (SSSR count). The Bertz CT molecular complexity index is 635. The second-order valence-corrected chi connectivity index (χ2v) is 7.66. The fraction of sp³-hybridized carbons (Fsp3) is 0.556. The Morgan fingerprint density at radius 3 is 2.71 bits per heavy atom. The number of hydrogen-bond donors (Lipinski definition) is 1. The highest BCUT2D eigenvalue weighted by molar-refractivity contribution is 6.35. The van der Waals surface area contributed by atoms with E-state index < -0.39 is 0 Å². The van der Waals surface area contributed by atoms with Crippen LogP contribution in [0, 0.1) is 17.8 Å². The topological polar surface area (TPSA) is 55.4 Å². The number of ether oxygens (including phenoxy) is 1. The maximum atomic E-state index is 11.9. The van der Waals surface area contributed by atoms with Gasteiger partial charge in [-0.2, -0.15) is 0 Å². The molecule has 6 heteroatoms. The Hall–Kier alpha value is -1.26. The van der Waals surface area contributed by atoms with Crippen molar-refractivity contribution in [1.82, 2.24) is 5.32 Å². The number of nitrogens with one attached hydrogen (secondary N) is 1. The lowest BCUT2D eigenvalue weighted by Crippen LogP contribution is -2.29. The summed E-state index contributed by atoms with van der Waals surface area (Å²) in [5, 5.41) is 3.73. The molecule has 2 aliphatic carbocycles. The molecule has 0 heterocycles. The highest BCUT2D eigenvalue weighted by atomic mass is 35.5. The third kappa shape index (κ3) is 4.42. The molecular weight excluding hydrogens is 349 g/mol. The van der Waals surface area contributed by atoms with E-state index in [0.29, 0.717) is 28.3 Å². The molecule has 0 aromatic heterocycles. The van der Waals surface area contributed by atoms with Gasteiger partial charge in [0.15, 0.2) is 6.61 Å². The zero-order chi connectivity index (χ0) is 17.1. The van der Waals surface area contributed by atoms with Crippen molar-refractivity contribution < 1.29 is 14.3 Å². The van der Waals surface area contributed by atoms with Crippen LogP contribution >= 0.6 is 23.2 Å². The standard InChI is InChI=1S/C18H21Cl2NO3/c19-15-4-3-13(16(20)8-15)9-21-17(22)10-24-18(23)7-14-6-11-1-2-12(14)5-11/h3-4,8,11-12,14H,1-2,5-7,9-10H2,(H,21,22). The highest BCUT2D eigenvalue weighted by Gasteiger charge is 2.40. The number of halogens is 2. The van der Waals surface area contributed by atoms with E-state index in [1.165, 1.54) is 19.3 Å². The summed E-state index contributed by atoms with van der Waals surface area (Å²) in [4.78, 5) is 23.7. The summed E-state index contributed by atoms with van der Waals surface area (Å²) in [5.74, 6) is 1.34. The van der Waals surface area contributed by atoms with Crippen LogP contribution in [0.2, 0.25) is 10.0 Å². The number of carbonyl (C=O) groups excluding carboxylic acids is 2. The van der Waals surface area contributed by atoms with Gasteiger partial charge in [0, 0.05) is 23.0 Å². The first kappa shape index (κ1) is 17.6. The predicted octanol–water partition coefficient (Wildman–Crippen LogP) is 3.98. The third-order valence-corrected chi connectivity index (χ3v) is 5.76. The van der Waals surface area contributed by atoms with Crippen LogP contribution in [0.3, 0.4) is 0 Å². The molecule has 24 heavy (non-hydrogen) atoms. The molecule has 0 spiro atoms. The first-order valence-corrected chi connectivity index (χ1v) is 9.13. The van der Waals surface area contributed by atoms with Crippen LogP contribution in [-0.4, -0.2) is 18.5 Å². The molecule has 2 fully saturated rings. The molecule has 0 saturated heterocycles. The number of amides is 1. The number of carbonyl (C=O) groups is 2. The summed E-state index contributed by atoms with van der Waals surface area (Å²) in [6, 6.07) is 5.09. The predicted molar refractivity (Wildman–Crippen MR) is 92.8 cm³/mol. The molecule has 3 atom stereocenters. The first-order valence-electron chi connectivity index (χ1n) is 8.37. The Morgan fingerprint density at radius 1 is 1.21 bits per heavy atom. The molecule has 4 nitrogen and oxygen atoms in total. The number of fused-ring (bicyclic) bond motifs is 2.